The van der Waals surface area contributed by atoms with Gasteiger partial charge < -0.3 is 62.4 Å². The van der Waals surface area contributed by atoms with Gasteiger partial charge in [0, 0.05) is 12.4 Å². The molecule has 0 bridgehead atoms. The zero-order valence-corrected chi connectivity index (χ0v) is 21.4. The highest BCUT2D eigenvalue weighted by Crippen LogP contribution is 2.67. The lowest BCUT2D eigenvalue weighted by molar-refractivity contribution is -0.139. The molecular formula is C17H38N6O11P2. The molecule has 0 fully saturated rings. The average molecular weight is 564 g/mol. The minimum absolute atomic E-state index is 0.520. The molecule has 1 heterocycles. The van der Waals surface area contributed by atoms with E-state index in [0.29, 0.717) is 25.9 Å². The molecule has 0 saturated carbocycles. The van der Waals surface area contributed by atoms with Crippen molar-refractivity contribution in [2.45, 2.75) is 62.2 Å². The third kappa shape index (κ3) is 14.7. The van der Waals surface area contributed by atoms with Gasteiger partial charge in [-0.2, -0.15) is 0 Å². The van der Waals surface area contributed by atoms with Crippen molar-refractivity contribution in [2.75, 3.05) is 13.1 Å². The van der Waals surface area contributed by atoms with Crippen LogP contribution in [0.25, 0.3) is 0 Å². The molecule has 1 rings (SSSR count). The molecule has 0 spiro atoms. The molecule has 0 aliphatic rings. The molecule has 1 aromatic heterocycles. The minimum atomic E-state index is -5.41. The van der Waals surface area contributed by atoms with Gasteiger partial charge in [-0.15, -0.1) is 0 Å². The number of aliphatic carboxylic acids is 2. The van der Waals surface area contributed by atoms with Crippen LogP contribution in [-0.2, 0) is 25.3 Å². The number of unbranched alkanes of at least 4 members (excludes halogenated alkanes) is 2. The molecule has 19 heteroatoms. The van der Waals surface area contributed by atoms with Crippen LogP contribution in [0.5, 0.6) is 0 Å². The Balaban J connectivity index is 0. The number of nitrogens with zero attached hydrogens (tertiary/aromatic N) is 2. The fourth-order valence-electron chi connectivity index (χ4n) is 2.24. The third-order valence-electron chi connectivity index (χ3n) is 4.46. The largest absolute Gasteiger partial charge is 0.480 e. The van der Waals surface area contributed by atoms with Crippen molar-refractivity contribution in [2.24, 2.45) is 22.9 Å². The van der Waals surface area contributed by atoms with Gasteiger partial charge in [-0.05, 0) is 38.8 Å². The molecule has 15 N–H and O–H groups in total. The van der Waals surface area contributed by atoms with Crippen molar-refractivity contribution >= 4 is 27.1 Å². The highest BCUT2D eigenvalue weighted by Gasteiger charge is 2.59. The Morgan fingerprint density at radius 3 is 1.50 bits per heavy atom. The molecule has 17 nitrogen and oxygen atoms in total. The number of carboxylic acid groups (broad SMARTS) is 2. The van der Waals surface area contributed by atoms with E-state index in [1.165, 1.54) is 12.4 Å². The first kappa shape index (κ1) is 36.4. The Kier molecular flexibility index (Phi) is 17.9. The maximum Gasteiger partial charge on any atom is 0.371 e. The number of carbonyl (C=O) groups is 2. The van der Waals surface area contributed by atoms with Gasteiger partial charge in [0.25, 0.3) is 5.08 Å². The quantitative estimate of drug-likeness (QED) is 0.0854. The van der Waals surface area contributed by atoms with Crippen molar-refractivity contribution in [3.8, 4) is 0 Å². The van der Waals surface area contributed by atoms with Gasteiger partial charge in [0.15, 0.2) is 0 Å². The summed E-state index contributed by atoms with van der Waals surface area (Å²) in [7, 11) is -10.8. The maximum absolute atomic E-state index is 10.9. The number of nitrogens with two attached hydrogens (primary N) is 4. The first-order valence-corrected chi connectivity index (χ1v) is 13.8. The minimum Gasteiger partial charge on any atom is -0.480 e. The fourth-order valence-corrected chi connectivity index (χ4v) is 4.30. The predicted octanol–water partition coefficient (Wildman–Crippen LogP) is -2.06. The van der Waals surface area contributed by atoms with Crippen LogP contribution in [0.3, 0.4) is 0 Å². The Hall–Kier alpha value is -1.75. The summed E-state index contributed by atoms with van der Waals surface area (Å²) in [6.45, 7) is 0.250. The summed E-state index contributed by atoms with van der Waals surface area (Å²) in [5.41, 5.74) is 20.8. The molecule has 0 saturated heterocycles. The Morgan fingerprint density at radius 2 is 1.25 bits per heavy atom. The van der Waals surface area contributed by atoms with Gasteiger partial charge in [-0.25, -0.2) is 4.98 Å². The summed E-state index contributed by atoms with van der Waals surface area (Å²) in [6, 6.07) is -1.43. The standard InChI is InChI=1S/2C6H14N2O2.C5H10N2O7P2/c2*7-4-2-1-3-5(8)6(9)10;8-5(15(9,10)11,16(12,13)14)3-7-2-1-6-4-7/h2*5H,1-4,7-8H2,(H,9,10);1-2,4,8H,3H2,(H2,9,10,11)(H2,12,13,14)/t2*5-;/m00./s1. The van der Waals surface area contributed by atoms with E-state index in [9.17, 15) is 23.8 Å². The molecule has 0 aromatic carbocycles. The highest BCUT2D eigenvalue weighted by molar-refractivity contribution is 7.72. The van der Waals surface area contributed by atoms with Gasteiger partial charge in [-0.1, -0.05) is 12.8 Å². The van der Waals surface area contributed by atoms with Gasteiger partial charge in [0.2, 0.25) is 0 Å². The Labute approximate surface area is 207 Å². The first-order valence-electron chi connectivity index (χ1n) is 10.6. The first-order chi connectivity index (χ1) is 16.4. The number of hydrogen-bond acceptors (Lipinski definition) is 10. The monoisotopic (exact) mass is 564 g/mol. The van der Waals surface area contributed by atoms with Crippen LogP contribution in [0.4, 0.5) is 0 Å². The van der Waals surface area contributed by atoms with Gasteiger partial charge in [0.05, 0.1) is 12.9 Å². The number of aromatic nitrogens is 2. The molecule has 1 aromatic rings. The Morgan fingerprint density at radius 1 is 0.861 bits per heavy atom. The van der Waals surface area contributed by atoms with E-state index in [-0.39, 0.29) is 0 Å². The van der Waals surface area contributed by atoms with E-state index >= 15 is 0 Å². The van der Waals surface area contributed by atoms with Gasteiger partial charge in [0.1, 0.15) is 12.1 Å². The van der Waals surface area contributed by atoms with Crippen LogP contribution in [0.1, 0.15) is 38.5 Å². The zero-order valence-electron chi connectivity index (χ0n) is 19.6. The van der Waals surface area contributed by atoms with E-state index < -0.39 is 50.8 Å². The van der Waals surface area contributed by atoms with E-state index in [4.69, 9.17) is 52.7 Å². The van der Waals surface area contributed by atoms with Crippen LogP contribution in [0.15, 0.2) is 18.7 Å². The topological polar surface area (TPSA) is 332 Å². The number of hydrogen-bond donors (Lipinski definition) is 11. The van der Waals surface area contributed by atoms with Crippen LogP contribution >= 0.6 is 15.2 Å². The molecule has 0 radical (unpaired) electrons. The van der Waals surface area contributed by atoms with E-state index in [2.05, 4.69) is 4.98 Å². The van der Waals surface area contributed by atoms with Crippen LogP contribution in [-0.4, -0.2) is 86.6 Å². The Bertz CT molecular complexity index is 798. The second-order valence-corrected chi connectivity index (χ2v) is 11.6. The van der Waals surface area contributed by atoms with Gasteiger partial charge in [-0.3, -0.25) is 18.7 Å². The summed E-state index contributed by atoms with van der Waals surface area (Å²) >= 11 is 0. The zero-order chi connectivity index (χ0) is 28.6. The lowest BCUT2D eigenvalue weighted by atomic mass is 10.1. The number of imidazole rings is 1. The van der Waals surface area contributed by atoms with Crippen molar-refractivity contribution in [1.29, 1.82) is 0 Å². The molecule has 212 valence electrons. The summed E-state index contributed by atoms with van der Waals surface area (Å²) in [5.74, 6) is -1.87. The van der Waals surface area contributed by atoms with E-state index in [1.54, 1.807) is 0 Å². The SMILES string of the molecule is NCCCC[C@H](N)C(=O)O.NCCCC[C@H](N)C(=O)O.O=P(O)(O)C(O)(Cn1ccnc1)P(=O)(O)O. The summed E-state index contributed by atoms with van der Waals surface area (Å²) in [6.07, 6.45) is 7.83. The lowest BCUT2D eigenvalue weighted by Gasteiger charge is -2.29. The molecule has 36 heavy (non-hydrogen) atoms. The van der Waals surface area contributed by atoms with Crippen molar-refractivity contribution < 1.29 is 53.6 Å². The maximum atomic E-state index is 10.9. The smallest absolute Gasteiger partial charge is 0.371 e. The fraction of sp³-hybridized carbons (Fsp3) is 0.706. The second kappa shape index (κ2) is 17.7. The van der Waals surface area contributed by atoms with Gasteiger partial charge >= 0.3 is 27.1 Å². The average Bonchev–Trinajstić information content (AvgIpc) is 3.26. The highest BCUT2D eigenvalue weighted by atomic mass is 31.2. The summed E-state index contributed by atoms with van der Waals surface area (Å²) in [5, 5.41) is 22.7. The van der Waals surface area contributed by atoms with E-state index in [0.717, 1.165) is 36.6 Å². The summed E-state index contributed by atoms with van der Waals surface area (Å²) < 4.78 is 22.8. The molecular weight excluding hydrogens is 526 g/mol. The molecule has 0 aliphatic carbocycles. The normalized spacial score (nSPS) is 13.5. The number of aliphatic hydroxyl groups is 1. The van der Waals surface area contributed by atoms with Crippen LogP contribution in [0, 0.1) is 0 Å². The van der Waals surface area contributed by atoms with Crippen molar-refractivity contribution in [1.82, 2.24) is 9.55 Å². The van der Waals surface area contributed by atoms with E-state index in [1.807, 2.05) is 0 Å². The summed E-state index contributed by atoms with van der Waals surface area (Å²) in [4.78, 5) is 59.0. The van der Waals surface area contributed by atoms with Crippen molar-refractivity contribution in [3.05, 3.63) is 18.7 Å². The predicted molar refractivity (Wildman–Crippen MR) is 128 cm³/mol. The number of carboxylic acids is 2. The second-order valence-electron chi connectivity index (χ2n) is 7.56. The van der Waals surface area contributed by atoms with Crippen LogP contribution < -0.4 is 22.9 Å². The van der Waals surface area contributed by atoms with Crippen molar-refractivity contribution in [3.63, 3.8) is 0 Å². The van der Waals surface area contributed by atoms with Crippen LogP contribution in [0.2, 0.25) is 0 Å². The lowest BCUT2D eigenvalue weighted by Crippen LogP contribution is -2.33. The molecule has 0 amide bonds. The molecule has 0 unspecified atom stereocenters. The molecule has 2 atom stereocenters. The third-order valence-corrected chi connectivity index (χ3v) is 8.17. The number of rotatable bonds is 14. The molecule has 0 aliphatic heterocycles.